The number of alkyl carbamates (subject to hydrolysis) is 1. The smallest absolute Gasteiger partial charge is 0.407 e. The molecule has 3 atom stereocenters. The average molecular weight is 486 g/mol. The highest BCUT2D eigenvalue weighted by molar-refractivity contribution is 7.89. The fourth-order valence-corrected chi connectivity index (χ4v) is 5.17. The summed E-state index contributed by atoms with van der Waals surface area (Å²) in [6, 6.07) is 2.73. The number of halogens is 1. The van der Waals surface area contributed by atoms with Crippen molar-refractivity contribution in [2.75, 3.05) is 33.4 Å². The molecule has 3 rings (SSSR count). The molecule has 1 amide bonds. The SMILES string of the molecule is COC(=O)C1[C@H]2CN(S(=O)(=O)c3ccc(OC/C(=C/F)CNC(=O)OC(C)(C)C)nc3)C[C@@H]12. The van der Waals surface area contributed by atoms with Gasteiger partial charge in [-0.05, 0) is 38.7 Å². The van der Waals surface area contributed by atoms with Crippen LogP contribution in [0.2, 0.25) is 0 Å². The minimum atomic E-state index is -3.75. The molecule has 0 spiro atoms. The molecule has 10 nitrogen and oxygen atoms in total. The monoisotopic (exact) mass is 485 g/mol. The van der Waals surface area contributed by atoms with Crippen molar-refractivity contribution in [3.05, 3.63) is 30.2 Å². The van der Waals surface area contributed by atoms with Gasteiger partial charge in [0.05, 0.1) is 25.6 Å². The van der Waals surface area contributed by atoms with Crippen LogP contribution in [0.3, 0.4) is 0 Å². The third-order valence-electron chi connectivity index (χ3n) is 5.40. The number of esters is 1. The van der Waals surface area contributed by atoms with Gasteiger partial charge in [-0.15, -0.1) is 0 Å². The van der Waals surface area contributed by atoms with Crippen LogP contribution in [0.4, 0.5) is 9.18 Å². The van der Waals surface area contributed by atoms with Crippen molar-refractivity contribution in [2.45, 2.75) is 31.3 Å². The number of nitrogens with one attached hydrogen (secondary N) is 1. The summed E-state index contributed by atoms with van der Waals surface area (Å²) in [5.41, 5.74) is -0.541. The van der Waals surface area contributed by atoms with Crippen LogP contribution in [0.25, 0.3) is 0 Å². The van der Waals surface area contributed by atoms with E-state index in [1.807, 2.05) is 0 Å². The van der Waals surface area contributed by atoms with Crippen LogP contribution < -0.4 is 10.1 Å². The van der Waals surface area contributed by atoms with E-state index in [0.717, 1.165) is 0 Å². The van der Waals surface area contributed by atoms with Crippen molar-refractivity contribution < 1.29 is 36.6 Å². The molecule has 1 aliphatic carbocycles. The fraction of sp³-hybridized carbons (Fsp3) is 0.571. The number of amides is 1. The second kappa shape index (κ2) is 9.64. The maximum Gasteiger partial charge on any atom is 0.407 e. The lowest BCUT2D eigenvalue weighted by Crippen LogP contribution is -2.34. The molecule has 2 aliphatic rings. The number of methoxy groups -OCH3 is 1. The van der Waals surface area contributed by atoms with Crippen LogP contribution in [0, 0.1) is 17.8 Å². The Morgan fingerprint density at radius 1 is 1.27 bits per heavy atom. The highest BCUT2D eigenvalue weighted by atomic mass is 32.2. The Morgan fingerprint density at radius 2 is 1.94 bits per heavy atom. The number of sulfonamides is 1. The number of aromatic nitrogens is 1. The molecule has 2 heterocycles. The molecule has 0 radical (unpaired) electrons. The summed E-state index contributed by atoms with van der Waals surface area (Å²) in [5, 5.41) is 2.42. The van der Waals surface area contributed by atoms with Gasteiger partial charge < -0.3 is 19.5 Å². The number of rotatable bonds is 8. The second-order valence-corrected chi connectivity index (χ2v) is 10.9. The first-order chi connectivity index (χ1) is 15.5. The fourth-order valence-electron chi connectivity index (χ4n) is 3.71. The minimum Gasteiger partial charge on any atom is -0.473 e. The van der Waals surface area contributed by atoms with Crippen molar-refractivity contribution in [3.8, 4) is 5.88 Å². The number of carbonyl (C=O) groups is 2. The van der Waals surface area contributed by atoms with Gasteiger partial charge in [-0.1, -0.05) is 0 Å². The van der Waals surface area contributed by atoms with E-state index < -0.39 is 21.7 Å². The van der Waals surface area contributed by atoms with Crippen LogP contribution in [0.15, 0.2) is 35.1 Å². The quantitative estimate of drug-likeness (QED) is 0.554. The van der Waals surface area contributed by atoms with Gasteiger partial charge in [-0.25, -0.2) is 22.6 Å². The zero-order valence-electron chi connectivity index (χ0n) is 18.9. The summed E-state index contributed by atoms with van der Waals surface area (Å²) in [4.78, 5) is 27.3. The Hall–Kier alpha value is -2.73. The van der Waals surface area contributed by atoms with Gasteiger partial charge >= 0.3 is 12.1 Å². The molecule has 1 aromatic rings. The third kappa shape index (κ3) is 5.99. The molecular formula is C21H28FN3O7S. The standard InChI is InChI=1S/C21H28FN3O7S/c1-21(2,3)32-20(27)24-8-13(7-22)12-31-17-6-5-14(9-23-17)33(28,29)25-10-15-16(11-25)18(15)19(26)30-4/h5-7,9,15-16,18H,8,10-12H2,1-4H3,(H,24,27)/b13-7+/t15-,16+,18?. The van der Waals surface area contributed by atoms with E-state index in [1.165, 1.54) is 29.7 Å². The molecule has 1 aromatic heterocycles. The average Bonchev–Trinajstić information content (AvgIpc) is 3.24. The van der Waals surface area contributed by atoms with Gasteiger partial charge in [0.2, 0.25) is 15.9 Å². The normalized spacial score (nSPS) is 22.9. The Morgan fingerprint density at radius 3 is 2.45 bits per heavy atom. The topological polar surface area (TPSA) is 124 Å². The van der Waals surface area contributed by atoms with Gasteiger partial charge in [0.25, 0.3) is 0 Å². The maximum absolute atomic E-state index is 13.1. The van der Waals surface area contributed by atoms with Gasteiger partial charge in [0.15, 0.2) is 0 Å². The number of nitrogens with zero attached hydrogens (tertiary/aromatic N) is 2. The molecule has 12 heteroatoms. The van der Waals surface area contributed by atoms with E-state index in [2.05, 4.69) is 10.3 Å². The highest BCUT2D eigenvalue weighted by Gasteiger charge is 2.62. The van der Waals surface area contributed by atoms with Gasteiger partial charge in [-0.3, -0.25) is 4.79 Å². The zero-order valence-corrected chi connectivity index (χ0v) is 19.7. The van der Waals surface area contributed by atoms with Gasteiger partial charge in [-0.2, -0.15) is 4.31 Å². The largest absolute Gasteiger partial charge is 0.473 e. The van der Waals surface area contributed by atoms with E-state index in [9.17, 15) is 22.4 Å². The second-order valence-electron chi connectivity index (χ2n) is 8.94. The number of ether oxygens (including phenoxy) is 3. The number of fused-ring (bicyclic) bond motifs is 1. The zero-order chi connectivity index (χ0) is 24.4. The van der Waals surface area contributed by atoms with E-state index in [-0.39, 0.29) is 66.3 Å². The van der Waals surface area contributed by atoms with Crippen molar-refractivity contribution >= 4 is 22.1 Å². The molecule has 1 unspecified atom stereocenters. The Bertz CT molecular complexity index is 1010. The summed E-state index contributed by atoms with van der Waals surface area (Å²) in [6.07, 6.45) is 0.799. The molecular weight excluding hydrogens is 457 g/mol. The molecule has 1 N–H and O–H groups in total. The van der Waals surface area contributed by atoms with Gasteiger partial charge in [0.1, 0.15) is 17.1 Å². The van der Waals surface area contributed by atoms with Crippen molar-refractivity contribution in [3.63, 3.8) is 0 Å². The molecule has 1 aliphatic heterocycles. The van der Waals surface area contributed by atoms with E-state index in [4.69, 9.17) is 14.2 Å². The number of hydrogen-bond donors (Lipinski definition) is 1. The first-order valence-corrected chi connectivity index (χ1v) is 11.8. The predicted molar refractivity (Wildman–Crippen MR) is 114 cm³/mol. The number of pyridine rings is 1. The Kier molecular flexibility index (Phi) is 7.27. The van der Waals surface area contributed by atoms with Gasteiger partial charge in [0, 0.05) is 31.3 Å². The first kappa shape index (κ1) is 24.9. The van der Waals surface area contributed by atoms with E-state index >= 15 is 0 Å². The molecule has 1 saturated carbocycles. The lowest BCUT2D eigenvalue weighted by atomic mass is 10.2. The van der Waals surface area contributed by atoms with E-state index in [1.54, 1.807) is 20.8 Å². The summed E-state index contributed by atoms with van der Waals surface area (Å²) in [7, 11) is -2.43. The van der Waals surface area contributed by atoms with E-state index in [0.29, 0.717) is 6.33 Å². The number of piperidine rings is 1. The molecule has 33 heavy (non-hydrogen) atoms. The van der Waals surface area contributed by atoms with Crippen molar-refractivity contribution in [1.82, 2.24) is 14.6 Å². The molecule has 1 saturated heterocycles. The minimum absolute atomic E-state index is 0.00128. The lowest BCUT2D eigenvalue weighted by Gasteiger charge is -2.20. The number of hydrogen-bond acceptors (Lipinski definition) is 8. The van der Waals surface area contributed by atoms with Crippen molar-refractivity contribution in [1.29, 1.82) is 0 Å². The lowest BCUT2D eigenvalue weighted by molar-refractivity contribution is -0.143. The third-order valence-corrected chi connectivity index (χ3v) is 7.21. The first-order valence-electron chi connectivity index (χ1n) is 10.4. The summed E-state index contributed by atoms with van der Waals surface area (Å²) >= 11 is 0. The Balaban J connectivity index is 1.50. The Labute approximate surface area is 192 Å². The van der Waals surface area contributed by atoms with Crippen LogP contribution in [0.1, 0.15) is 20.8 Å². The van der Waals surface area contributed by atoms with Crippen LogP contribution >= 0.6 is 0 Å². The summed E-state index contributed by atoms with van der Waals surface area (Å²) in [5.74, 6) is -0.447. The predicted octanol–water partition coefficient (Wildman–Crippen LogP) is 1.88. The van der Waals surface area contributed by atoms with Crippen molar-refractivity contribution in [2.24, 2.45) is 17.8 Å². The maximum atomic E-state index is 13.1. The molecule has 182 valence electrons. The summed E-state index contributed by atoms with van der Waals surface area (Å²) < 4.78 is 55.3. The number of carbonyl (C=O) groups excluding carboxylic acids is 2. The van der Waals surface area contributed by atoms with Crippen LogP contribution in [0.5, 0.6) is 5.88 Å². The summed E-state index contributed by atoms with van der Waals surface area (Å²) in [6.45, 7) is 5.34. The van der Waals surface area contributed by atoms with Crippen LogP contribution in [-0.2, 0) is 24.3 Å². The highest BCUT2D eigenvalue weighted by Crippen LogP contribution is 2.53. The molecule has 0 aromatic carbocycles. The van der Waals surface area contributed by atoms with Crippen LogP contribution in [-0.4, -0.2) is 68.7 Å². The molecule has 0 bridgehead atoms. The molecule has 2 fully saturated rings.